The summed E-state index contributed by atoms with van der Waals surface area (Å²) in [6.45, 7) is 6.59. The standard InChI is InChI=1S/C13H21N3O2.HI/c1-5-7-15-13(14-6-2)16-8-10(3)11(9-16)12(17)18-4;/h1,10-11H,6-9H2,2-4H3,(H,14,15);1H. The van der Waals surface area contributed by atoms with Crippen molar-refractivity contribution < 1.29 is 9.53 Å². The molecule has 0 bridgehead atoms. The first-order valence-electron chi connectivity index (χ1n) is 6.18. The molecule has 1 heterocycles. The molecular formula is C13H22IN3O2. The number of hydrogen-bond acceptors (Lipinski definition) is 3. The van der Waals surface area contributed by atoms with Gasteiger partial charge in [-0.3, -0.25) is 4.79 Å². The first-order chi connectivity index (χ1) is 8.63. The molecule has 6 heteroatoms. The third-order valence-corrected chi connectivity index (χ3v) is 3.07. The van der Waals surface area contributed by atoms with Crippen molar-refractivity contribution in [2.75, 3.05) is 33.3 Å². The molecule has 0 aliphatic carbocycles. The van der Waals surface area contributed by atoms with E-state index < -0.39 is 0 Å². The van der Waals surface area contributed by atoms with Crippen LogP contribution in [0, 0.1) is 24.2 Å². The number of nitrogens with zero attached hydrogens (tertiary/aromatic N) is 2. The minimum Gasteiger partial charge on any atom is -0.469 e. The van der Waals surface area contributed by atoms with E-state index >= 15 is 0 Å². The van der Waals surface area contributed by atoms with Crippen molar-refractivity contribution in [2.24, 2.45) is 16.8 Å². The fraction of sp³-hybridized carbons (Fsp3) is 0.692. The molecule has 2 atom stereocenters. The second-order valence-corrected chi connectivity index (χ2v) is 4.39. The van der Waals surface area contributed by atoms with Gasteiger partial charge in [0.1, 0.15) is 6.54 Å². The number of likely N-dealkylation sites (tertiary alicyclic amines) is 1. The van der Waals surface area contributed by atoms with E-state index in [0.717, 1.165) is 19.0 Å². The lowest BCUT2D eigenvalue weighted by Gasteiger charge is -2.21. The van der Waals surface area contributed by atoms with Gasteiger partial charge < -0.3 is 15.0 Å². The fourth-order valence-electron chi connectivity index (χ4n) is 2.14. The van der Waals surface area contributed by atoms with Crippen molar-refractivity contribution in [3.8, 4) is 12.3 Å². The molecule has 1 aliphatic rings. The maximum atomic E-state index is 11.6. The van der Waals surface area contributed by atoms with Crippen LogP contribution >= 0.6 is 24.0 Å². The first-order valence-corrected chi connectivity index (χ1v) is 6.18. The zero-order valence-electron chi connectivity index (χ0n) is 11.7. The van der Waals surface area contributed by atoms with Crippen LogP contribution in [-0.2, 0) is 9.53 Å². The summed E-state index contributed by atoms with van der Waals surface area (Å²) in [7, 11) is 1.43. The van der Waals surface area contributed by atoms with E-state index in [0.29, 0.717) is 13.1 Å². The number of terminal acetylenes is 1. The highest BCUT2D eigenvalue weighted by Crippen LogP contribution is 2.23. The number of rotatable bonds is 3. The topological polar surface area (TPSA) is 53.9 Å². The molecule has 0 spiro atoms. The Kier molecular flexibility index (Phi) is 8.56. The number of nitrogens with one attached hydrogen (secondary N) is 1. The van der Waals surface area contributed by atoms with Crippen LogP contribution in [0.2, 0.25) is 0 Å². The van der Waals surface area contributed by atoms with Gasteiger partial charge in [0, 0.05) is 19.6 Å². The highest BCUT2D eigenvalue weighted by molar-refractivity contribution is 14.0. The molecule has 2 unspecified atom stereocenters. The molecule has 1 saturated heterocycles. The van der Waals surface area contributed by atoms with E-state index in [2.05, 4.69) is 21.1 Å². The van der Waals surface area contributed by atoms with E-state index in [9.17, 15) is 4.79 Å². The largest absolute Gasteiger partial charge is 0.469 e. The van der Waals surface area contributed by atoms with E-state index in [4.69, 9.17) is 11.2 Å². The summed E-state index contributed by atoms with van der Waals surface area (Å²) in [4.78, 5) is 18.0. The zero-order valence-corrected chi connectivity index (χ0v) is 14.0. The molecule has 0 aromatic heterocycles. The van der Waals surface area contributed by atoms with Crippen LogP contribution in [-0.4, -0.2) is 50.1 Å². The summed E-state index contributed by atoms with van der Waals surface area (Å²) in [5.41, 5.74) is 0. The number of ether oxygens (including phenoxy) is 1. The summed E-state index contributed by atoms with van der Waals surface area (Å²) in [5, 5.41) is 3.19. The van der Waals surface area contributed by atoms with Gasteiger partial charge >= 0.3 is 5.97 Å². The number of guanidine groups is 1. The lowest BCUT2D eigenvalue weighted by molar-refractivity contribution is -0.145. The summed E-state index contributed by atoms with van der Waals surface area (Å²) >= 11 is 0. The zero-order chi connectivity index (χ0) is 13.5. The Labute approximate surface area is 132 Å². The van der Waals surface area contributed by atoms with Crippen LogP contribution in [0.5, 0.6) is 0 Å². The predicted octanol–water partition coefficient (Wildman–Crippen LogP) is 0.944. The number of hydrogen-bond donors (Lipinski definition) is 1. The Morgan fingerprint density at radius 3 is 2.79 bits per heavy atom. The molecule has 0 saturated carbocycles. The van der Waals surface area contributed by atoms with Gasteiger partial charge in [-0.05, 0) is 12.8 Å². The quantitative estimate of drug-likeness (QED) is 0.261. The Bertz CT molecular complexity index is 365. The molecule has 0 amide bonds. The van der Waals surface area contributed by atoms with Gasteiger partial charge in [-0.15, -0.1) is 30.4 Å². The van der Waals surface area contributed by atoms with Gasteiger partial charge in [0.05, 0.1) is 13.0 Å². The molecule has 5 nitrogen and oxygen atoms in total. The fourth-order valence-corrected chi connectivity index (χ4v) is 2.14. The molecule has 1 N–H and O–H groups in total. The lowest BCUT2D eigenvalue weighted by atomic mass is 9.99. The molecule has 0 aromatic rings. The molecule has 0 radical (unpaired) electrons. The smallest absolute Gasteiger partial charge is 0.310 e. The molecule has 1 aliphatic heterocycles. The van der Waals surface area contributed by atoms with Crippen molar-refractivity contribution in [1.82, 2.24) is 10.2 Å². The van der Waals surface area contributed by atoms with Crippen molar-refractivity contribution in [3.05, 3.63) is 0 Å². The number of halogens is 1. The van der Waals surface area contributed by atoms with E-state index in [-0.39, 0.29) is 41.8 Å². The monoisotopic (exact) mass is 379 g/mol. The Morgan fingerprint density at radius 2 is 2.26 bits per heavy atom. The maximum Gasteiger partial charge on any atom is 0.310 e. The van der Waals surface area contributed by atoms with Crippen LogP contribution in [0.4, 0.5) is 0 Å². The second kappa shape index (κ2) is 9.02. The van der Waals surface area contributed by atoms with Gasteiger partial charge in [-0.25, -0.2) is 4.99 Å². The van der Waals surface area contributed by atoms with Crippen LogP contribution < -0.4 is 5.32 Å². The number of esters is 1. The van der Waals surface area contributed by atoms with Gasteiger partial charge in [0.25, 0.3) is 0 Å². The highest BCUT2D eigenvalue weighted by atomic mass is 127. The van der Waals surface area contributed by atoms with Crippen LogP contribution in [0.1, 0.15) is 13.8 Å². The number of carbonyl (C=O) groups excluding carboxylic acids is 1. The van der Waals surface area contributed by atoms with Crippen LogP contribution in [0.15, 0.2) is 4.99 Å². The van der Waals surface area contributed by atoms with Crippen molar-refractivity contribution in [1.29, 1.82) is 0 Å². The van der Waals surface area contributed by atoms with Crippen LogP contribution in [0.25, 0.3) is 0 Å². The van der Waals surface area contributed by atoms with E-state index in [1.807, 2.05) is 13.8 Å². The predicted molar refractivity (Wildman–Crippen MR) is 86.5 cm³/mol. The van der Waals surface area contributed by atoms with Gasteiger partial charge in [-0.2, -0.15) is 0 Å². The van der Waals surface area contributed by atoms with Crippen LogP contribution in [0.3, 0.4) is 0 Å². The highest BCUT2D eigenvalue weighted by Gasteiger charge is 2.36. The normalized spacial score (nSPS) is 22.4. The van der Waals surface area contributed by atoms with Crippen molar-refractivity contribution >= 4 is 35.9 Å². The number of aliphatic imine (C=N–C) groups is 1. The first kappa shape index (κ1) is 18.0. The third-order valence-electron chi connectivity index (χ3n) is 3.07. The van der Waals surface area contributed by atoms with Gasteiger partial charge in [0.15, 0.2) is 5.96 Å². The summed E-state index contributed by atoms with van der Waals surface area (Å²) in [5.74, 6) is 3.27. The average Bonchev–Trinajstić information content (AvgIpc) is 2.75. The lowest BCUT2D eigenvalue weighted by Crippen LogP contribution is -2.40. The van der Waals surface area contributed by atoms with E-state index in [1.54, 1.807) is 0 Å². The second-order valence-electron chi connectivity index (χ2n) is 4.39. The summed E-state index contributed by atoms with van der Waals surface area (Å²) in [6.07, 6.45) is 5.22. The van der Waals surface area contributed by atoms with Gasteiger partial charge in [-0.1, -0.05) is 12.8 Å². The van der Waals surface area contributed by atoms with E-state index in [1.165, 1.54) is 7.11 Å². The van der Waals surface area contributed by atoms with Crippen molar-refractivity contribution in [3.63, 3.8) is 0 Å². The Morgan fingerprint density at radius 1 is 1.58 bits per heavy atom. The molecule has 19 heavy (non-hydrogen) atoms. The summed E-state index contributed by atoms with van der Waals surface area (Å²) in [6, 6.07) is 0. The molecular weight excluding hydrogens is 357 g/mol. The Hall–Kier alpha value is -0.970. The van der Waals surface area contributed by atoms with Gasteiger partial charge in [0.2, 0.25) is 0 Å². The molecule has 1 fully saturated rings. The van der Waals surface area contributed by atoms with Crippen molar-refractivity contribution in [2.45, 2.75) is 13.8 Å². The molecule has 1 rings (SSSR count). The third kappa shape index (κ3) is 4.90. The number of carbonyl (C=O) groups is 1. The molecule has 108 valence electrons. The molecule has 0 aromatic carbocycles. The summed E-state index contributed by atoms with van der Waals surface area (Å²) < 4.78 is 4.82. The average molecular weight is 379 g/mol. The number of methoxy groups -OCH3 is 1. The minimum absolute atomic E-state index is 0. The minimum atomic E-state index is -0.155. The maximum absolute atomic E-state index is 11.6. The SMILES string of the molecule is C#CCN=C(NCC)N1CC(C)C(C(=O)OC)C1.I. The Balaban J connectivity index is 0.00000324.